The number of hydrogen-bond acceptors (Lipinski definition) is 0. The van der Waals surface area contributed by atoms with Gasteiger partial charge in [0.15, 0.2) is 0 Å². The minimum Gasteiger partial charge on any atom is -0.0985 e. The van der Waals surface area contributed by atoms with Crippen LogP contribution in [-0.2, 0) is 0 Å². The summed E-state index contributed by atoms with van der Waals surface area (Å²) in [5.41, 5.74) is 3.71. The number of halogens is 1. The molecule has 0 aliphatic heterocycles. The Balaban J connectivity index is 3.49. The van der Waals surface area contributed by atoms with Gasteiger partial charge in [0.1, 0.15) is 0 Å². The SMILES string of the molecule is C=Cc1cc(Cl)c(C)c(C)c1[SiH3]. The Morgan fingerprint density at radius 3 is 2.50 bits per heavy atom. The molecule has 0 heterocycles. The Hall–Kier alpha value is -0.533. The summed E-state index contributed by atoms with van der Waals surface area (Å²) < 4.78 is 0. The molecule has 0 atom stereocenters. The van der Waals surface area contributed by atoms with Crippen LogP contribution in [0.15, 0.2) is 12.6 Å². The van der Waals surface area contributed by atoms with Crippen LogP contribution in [0.1, 0.15) is 16.7 Å². The summed E-state index contributed by atoms with van der Waals surface area (Å²) in [6.45, 7) is 7.95. The normalized spacial score (nSPS) is 10.2. The first-order valence-electron chi connectivity index (χ1n) is 3.96. The molecular formula is C10H13ClSi. The van der Waals surface area contributed by atoms with Gasteiger partial charge in [0.05, 0.1) is 0 Å². The van der Waals surface area contributed by atoms with Crippen molar-refractivity contribution in [3.63, 3.8) is 0 Å². The fraction of sp³-hybridized carbons (Fsp3) is 0.200. The second-order valence-corrected chi connectivity index (χ2v) is 4.43. The zero-order valence-corrected chi connectivity index (χ0v) is 10.5. The molecule has 12 heavy (non-hydrogen) atoms. The Bertz CT molecular complexity index is 329. The van der Waals surface area contributed by atoms with Crippen LogP contribution in [0.25, 0.3) is 6.08 Å². The van der Waals surface area contributed by atoms with Crippen LogP contribution in [0.3, 0.4) is 0 Å². The van der Waals surface area contributed by atoms with Crippen molar-refractivity contribution in [2.75, 3.05) is 0 Å². The fourth-order valence-corrected chi connectivity index (χ4v) is 2.22. The van der Waals surface area contributed by atoms with Crippen molar-refractivity contribution in [3.8, 4) is 0 Å². The van der Waals surface area contributed by atoms with Gasteiger partial charge in [-0.2, -0.15) is 0 Å². The third-order valence-electron chi connectivity index (χ3n) is 2.42. The lowest BCUT2D eigenvalue weighted by molar-refractivity contribution is 1.36. The maximum Gasteiger partial charge on any atom is 0.0443 e. The van der Waals surface area contributed by atoms with Crippen molar-refractivity contribution in [2.24, 2.45) is 0 Å². The quantitative estimate of drug-likeness (QED) is 0.599. The van der Waals surface area contributed by atoms with E-state index in [-0.39, 0.29) is 0 Å². The van der Waals surface area contributed by atoms with Crippen molar-refractivity contribution >= 4 is 33.1 Å². The van der Waals surface area contributed by atoms with E-state index in [1.165, 1.54) is 21.9 Å². The largest absolute Gasteiger partial charge is 0.0985 e. The molecule has 0 spiro atoms. The van der Waals surface area contributed by atoms with E-state index in [0.717, 1.165) is 15.3 Å². The Morgan fingerprint density at radius 1 is 1.42 bits per heavy atom. The number of benzene rings is 1. The lowest BCUT2D eigenvalue weighted by Gasteiger charge is -2.09. The summed E-state index contributed by atoms with van der Waals surface area (Å²) in [5, 5.41) is 2.26. The van der Waals surface area contributed by atoms with Gasteiger partial charge in [-0.25, -0.2) is 0 Å². The van der Waals surface area contributed by atoms with Crippen molar-refractivity contribution in [3.05, 3.63) is 34.4 Å². The summed E-state index contributed by atoms with van der Waals surface area (Å²) in [6, 6.07) is 2.00. The van der Waals surface area contributed by atoms with Crippen LogP contribution in [-0.4, -0.2) is 10.2 Å². The van der Waals surface area contributed by atoms with Gasteiger partial charge in [0, 0.05) is 15.3 Å². The van der Waals surface area contributed by atoms with Crippen molar-refractivity contribution in [1.29, 1.82) is 0 Å². The monoisotopic (exact) mass is 196 g/mol. The van der Waals surface area contributed by atoms with Crippen LogP contribution in [0, 0.1) is 13.8 Å². The first-order chi connectivity index (χ1) is 5.57. The predicted octanol–water partition coefficient (Wildman–Crippen LogP) is 1.59. The Kier molecular flexibility index (Phi) is 2.75. The van der Waals surface area contributed by atoms with Gasteiger partial charge in [0.25, 0.3) is 0 Å². The molecule has 0 radical (unpaired) electrons. The van der Waals surface area contributed by atoms with Crippen molar-refractivity contribution in [2.45, 2.75) is 13.8 Å². The molecule has 0 aliphatic rings. The summed E-state index contributed by atoms with van der Waals surface area (Å²) in [7, 11) is 1.05. The number of hydrogen-bond donors (Lipinski definition) is 0. The average molecular weight is 197 g/mol. The third-order valence-corrected chi connectivity index (χ3v) is 4.14. The highest BCUT2D eigenvalue weighted by atomic mass is 35.5. The van der Waals surface area contributed by atoms with E-state index in [1.54, 1.807) is 0 Å². The van der Waals surface area contributed by atoms with E-state index >= 15 is 0 Å². The molecule has 0 aliphatic carbocycles. The number of rotatable bonds is 1. The molecule has 0 N–H and O–H groups in total. The fourth-order valence-electron chi connectivity index (χ4n) is 1.24. The second kappa shape index (κ2) is 3.46. The maximum absolute atomic E-state index is 6.04. The van der Waals surface area contributed by atoms with E-state index in [1.807, 2.05) is 12.1 Å². The van der Waals surface area contributed by atoms with Crippen LogP contribution < -0.4 is 5.19 Å². The lowest BCUT2D eigenvalue weighted by atomic mass is 10.1. The minimum atomic E-state index is 0.849. The van der Waals surface area contributed by atoms with Gasteiger partial charge in [-0.3, -0.25) is 0 Å². The van der Waals surface area contributed by atoms with Crippen LogP contribution in [0.2, 0.25) is 5.02 Å². The molecule has 0 bridgehead atoms. The smallest absolute Gasteiger partial charge is 0.0443 e. The molecule has 1 rings (SSSR count). The van der Waals surface area contributed by atoms with E-state index in [4.69, 9.17) is 11.6 Å². The highest BCUT2D eigenvalue weighted by Crippen LogP contribution is 2.19. The van der Waals surface area contributed by atoms with E-state index in [2.05, 4.69) is 20.4 Å². The van der Waals surface area contributed by atoms with E-state index < -0.39 is 0 Å². The second-order valence-electron chi connectivity index (χ2n) is 3.03. The van der Waals surface area contributed by atoms with Crippen LogP contribution in [0.4, 0.5) is 0 Å². The molecule has 1 aromatic rings. The predicted molar refractivity (Wildman–Crippen MR) is 60.6 cm³/mol. The van der Waals surface area contributed by atoms with Crippen LogP contribution >= 0.6 is 11.6 Å². The molecule has 0 unspecified atom stereocenters. The minimum absolute atomic E-state index is 0.849. The average Bonchev–Trinajstić information content (AvgIpc) is 2.08. The van der Waals surface area contributed by atoms with Crippen LogP contribution in [0.5, 0.6) is 0 Å². The molecule has 64 valence electrons. The topological polar surface area (TPSA) is 0 Å². The van der Waals surface area contributed by atoms with Gasteiger partial charge in [0.2, 0.25) is 0 Å². The highest BCUT2D eigenvalue weighted by Gasteiger charge is 2.04. The van der Waals surface area contributed by atoms with Gasteiger partial charge in [-0.15, -0.1) is 0 Å². The van der Waals surface area contributed by atoms with Crippen molar-refractivity contribution in [1.82, 2.24) is 0 Å². The summed E-state index contributed by atoms with van der Waals surface area (Å²) in [5.74, 6) is 0. The molecule has 0 saturated carbocycles. The first kappa shape index (κ1) is 9.55. The first-order valence-corrected chi connectivity index (χ1v) is 5.34. The van der Waals surface area contributed by atoms with Crippen molar-refractivity contribution < 1.29 is 0 Å². The van der Waals surface area contributed by atoms with E-state index in [9.17, 15) is 0 Å². The van der Waals surface area contributed by atoms with Gasteiger partial charge >= 0.3 is 0 Å². The van der Waals surface area contributed by atoms with Gasteiger partial charge in [-0.1, -0.05) is 29.4 Å². The third kappa shape index (κ3) is 1.47. The molecule has 0 aromatic heterocycles. The summed E-state index contributed by atoms with van der Waals surface area (Å²) in [6.07, 6.45) is 1.88. The van der Waals surface area contributed by atoms with Gasteiger partial charge < -0.3 is 0 Å². The molecule has 1 aromatic carbocycles. The molecule has 2 heteroatoms. The Morgan fingerprint density at radius 2 is 2.00 bits per heavy atom. The summed E-state index contributed by atoms with van der Waals surface area (Å²) in [4.78, 5) is 0. The molecule has 0 nitrogen and oxygen atoms in total. The molecule has 0 fully saturated rings. The summed E-state index contributed by atoms with van der Waals surface area (Å²) >= 11 is 6.04. The molecule has 0 amide bonds. The zero-order valence-electron chi connectivity index (χ0n) is 7.74. The maximum atomic E-state index is 6.04. The lowest BCUT2D eigenvalue weighted by Crippen LogP contribution is -2.13. The standard InChI is InChI=1S/C10H13ClSi/c1-4-8-5-9(11)6(2)7(3)10(8)12/h4-5H,1H2,2-3,12H3. The van der Waals surface area contributed by atoms with Gasteiger partial charge in [-0.05, 0) is 36.6 Å². The zero-order chi connectivity index (χ0) is 9.30. The highest BCUT2D eigenvalue weighted by molar-refractivity contribution is 6.37. The van der Waals surface area contributed by atoms with E-state index in [0.29, 0.717) is 0 Å². The molecular weight excluding hydrogens is 184 g/mol. The Labute approximate surface area is 81.7 Å². The molecule has 0 saturated heterocycles.